The van der Waals surface area contributed by atoms with Crippen molar-refractivity contribution >= 4 is 17.5 Å². The average molecular weight is 382 g/mol. The fraction of sp³-hybridized carbons (Fsp3) is 0.364. The fourth-order valence-corrected chi connectivity index (χ4v) is 3.46. The standard InChI is InChI=1S/C22H26N2O4/c1-16(25)23-19-11-9-18(10-12-19)22(27)20-14-28-15-21(26)24(20)13-5-8-17-6-3-2-4-7-17/h2-4,6-7,9-12,20,22,27H,5,8,13-15H2,1H3,(H,23,25). The zero-order valence-corrected chi connectivity index (χ0v) is 16.0. The van der Waals surface area contributed by atoms with Crippen LogP contribution in [0.15, 0.2) is 54.6 Å². The van der Waals surface area contributed by atoms with E-state index in [4.69, 9.17) is 4.74 Å². The summed E-state index contributed by atoms with van der Waals surface area (Å²) in [5.41, 5.74) is 2.58. The number of aryl methyl sites for hydroxylation is 1. The van der Waals surface area contributed by atoms with Crippen molar-refractivity contribution < 1.29 is 19.4 Å². The zero-order valence-electron chi connectivity index (χ0n) is 16.0. The SMILES string of the molecule is CC(=O)Nc1ccc(C(O)C2COCC(=O)N2CCCc2ccccc2)cc1. The molecule has 0 saturated carbocycles. The molecule has 2 N–H and O–H groups in total. The molecule has 6 nitrogen and oxygen atoms in total. The lowest BCUT2D eigenvalue weighted by Crippen LogP contribution is -2.52. The van der Waals surface area contributed by atoms with Gasteiger partial charge in [-0.3, -0.25) is 9.59 Å². The van der Waals surface area contributed by atoms with Crippen molar-refractivity contribution in [2.45, 2.75) is 31.9 Å². The number of hydrogen-bond acceptors (Lipinski definition) is 4. The van der Waals surface area contributed by atoms with E-state index in [0.29, 0.717) is 24.4 Å². The summed E-state index contributed by atoms with van der Waals surface area (Å²) in [6.07, 6.45) is 0.840. The maximum Gasteiger partial charge on any atom is 0.248 e. The van der Waals surface area contributed by atoms with Crippen molar-refractivity contribution in [3.8, 4) is 0 Å². The molecule has 2 atom stereocenters. The largest absolute Gasteiger partial charge is 0.386 e. The second-order valence-electron chi connectivity index (χ2n) is 7.01. The summed E-state index contributed by atoms with van der Waals surface area (Å²) in [6.45, 7) is 2.37. The Hall–Kier alpha value is -2.70. The number of hydrogen-bond donors (Lipinski definition) is 2. The van der Waals surface area contributed by atoms with Gasteiger partial charge in [-0.1, -0.05) is 42.5 Å². The minimum Gasteiger partial charge on any atom is -0.386 e. The lowest BCUT2D eigenvalue weighted by molar-refractivity contribution is -0.154. The summed E-state index contributed by atoms with van der Waals surface area (Å²) in [5.74, 6) is -0.248. The number of amides is 2. The van der Waals surface area contributed by atoms with Crippen LogP contribution in [0.3, 0.4) is 0 Å². The van der Waals surface area contributed by atoms with Crippen LogP contribution in [0.2, 0.25) is 0 Å². The number of nitrogens with one attached hydrogen (secondary N) is 1. The lowest BCUT2D eigenvalue weighted by Gasteiger charge is -2.38. The van der Waals surface area contributed by atoms with E-state index in [1.807, 2.05) is 18.2 Å². The number of carbonyl (C=O) groups excluding carboxylic acids is 2. The van der Waals surface area contributed by atoms with Crippen molar-refractivity contribution in [2.24, 2.45) is 0 Å². The van der Waals surface area contributed by atoms with Gasteiger partial charge in [0.05, 0.1) is 12.6 Å². The van der Waals surface area contributed by atoms with E-state index in [9.17, 15) is 14.7 Å². The topological polar surface area (TPSA) is 78.9 Å². The third-order valence-electron chi connectivity index (χ3n) is 4.88. The van der Waals surface area contributed by atoms with Crippen LogP contribution in [0.1, 0.15) is 30.6 Å². The number of carbonyl (C=O) groups is 2. The molecule has 148 valence electrons. The van der Waals surface area contributed by atoms with Gasteiger partial charge in [0, 0.05) is 19.2 Å². The summed E-state index contributed by atoms with van der Waals surface area (Å²) in [7, 11) is 0. The van der Waals surface area contributed by atoms with Crippen molar-refractivity contribution in [3.63, 3.8) is 0 Å². The Labute approximate surface area is 165 Å². The molecule has 2 unspecified atom stereocenters. The predicted octanol–water partition coefficient (Wildman–Crippen LogP) is 2.54. The predicted molar refractivity (Wildman–Crippen MR) is 107 cm³/mol. The Kier molecular flexibility index (Phi) is 6.79. The van der Waals surface area contributed by atoms with Gasteiger partial charge in [0.2, 0.25) is 11.8 Å². The van der Waals surface area contributed by atoms with E-state index in [1.165, 1.54) is 12.5 Å². The lowest BCUT2D eigenvalue weighted by atomic mass is 9.99. The smallest absolute Gasteiger partial charge is 0.248 e. The van der Waals surface area contributed by atoms with Crippen molar-refractivity contribution in [2.75, 3.05) is 25.1 Å². The molecule has 28 heavy (non-hydrogen) atoms. The second-order valence-corrected chi connectivity index (χ2v) is 7.01. The number of morpholine rings is 1. The molecule has 0 bridgehead atoms. The maximum atomic E-state index is 12.4. The maximum absolute atomic E-state index is 12.4. The van der Waals surface area contributed by atoms with Gasteiger partial charge in [0.1, 0.15) is 12.7 Å². The molecule has 6 heteroatoms. The van der Waals surface area contributed by atoms with Gasteiger partial charge in [-0.25, -0.2) is 0 Å². The quantitative estimate of drug-likeness (QED) is 0.771. The molecule has 1 aliphatic heterocycles. The Morgan fingerprint density at radius 3 is 2.61 bits per heavy atom. The molecule has 1 saturated heterocycles. The minimum absolute atomic E-state index is 0.0516. The summed E-state index contributed by atoms with van der Waals surface area (Å²) in [4.78, 5) is 25.3. The van der Waals surface area contributed by atoms with Gasteiger partial charge in [0.25, 0.3) is 0 Å². The van der Waals surface area contributed by atoms with E-state index in [-0.39, 0.29) is 18.4 Å². The molecule has 0 aromatic heterocycles. The molecule has 1 fully saturated rings. The number of nitrogens with zero attached hydrogens (tertiary/aromatic N) is 1. The second kappa shape index (κ2) is 9.48. The van der Waals surface area contributed by atoms with E-state index in [0.717, 1.165) is 12.8 Å². The third kappa shape index (κ3) is 5.18. The highest BCUT2D eigenvalue weighted by molar-refractivity contribution is 5.88. The molecule has 1 heterocycles. The van der Waals surface area contributed by atoms with Crippen molar-refractivity contribution in [1.29, 1.82) is 0 Å². The van der Waals surface area contributed by atoms with Crippen LogP contribution < -0.4 is 5.32 Å². The number of aliphatic hydroxyl groups is 1. The van der Waals surface area contributed by atoms with E-state index < -0.39 is 12.1 Å². The zero-order chi connectivity index (χ0) is 19.9. The summed E-state index contributed by atoms with van der Waals surface area (Å²) < 4.78 is 5.40. The molecular weight excluding hydrogens is 356 g/mol. The number of ether oxygens (including phenoxy) is 1. The molecule has 2 aromatic carbocycles. The number of rotatable bonds is 7. The number of benzene rings is 2. The van der Waals surface area contributed by atoms with E-state index in [1.54, 1.807) is 29.2 Å². The first-order chi connectivity index (χ1) is 13.5. The van der Waals surface area contributed by atoms with Crippen LogP contribution in [-0.4, -0.2) is 47.6 Å². The normalized spacial score (nSPS) is 18.0. The summed E-state index contributed by atoms with van der Waals surface area (Å²) >= 11 is 0. The summed E-state index contributed by atoms with van der Waals surface area (Å²) in [6, 6.07) is 16.7. The molecular formula is C22H26N2O4. The first-order valence-corrected chi connectivity index (χ1v) is 9.51. The van der Waals surface area contributed by atoms with Gasteiger partial charge in [0.15, 0.2) is 0 Å². The monoisotopic (exact) mass is 382 g/mol. The van der Waals surface area contributed by atoms with Gasteiger partial charge < -0.3 is 20.1 Å². The Balaban J connectivity index is 1.65. The Morgan fingerprint density at radius 1 is 1.21 bits per heavy atom. The highest BCUT2D eigenvalue weighted by Gasteiger charge is 2.34. The van der Waals surface area contributed by atoms with Crippen LogP contribution in [0, 0.1) is 0 Å². The van der Waals surface area contributed by atoms with Crippen LogP contribution in [0.4, 0.5) is 5.69 Å². The van der Waals surface area contributed by atoms with Crippen LogP contribution >= 0.6 is 0 Å². The van der Waals surface area contributed by atoms with Gasteiger partial charge in [-0.15, -0.1) is 0 Å². The van der Waals surface area contributed by atoms with E-state index in [2.05, 4.69) is 17.4 Å². The molecule has 0 aliphatic carbocycles. The molecule has 1 aliphatic rings. The van der Waals surface area contributed by atoms with Crippen LogP contribution in [0.25, 0.3) is 0 Å². The van der Waals surface area contributed by atoms with Crippen molar-refractivity contribution in [1.82, 2.24) is 4.90 Å². The minimum atomic E-state index is -0.854. The molecule has 0 radical (unpaired) electrons. The number of anilines is 1. The van der Waals surface area contributed by atoms with E-state index >= 15 is 0 Å². The van der Waals surface area contributed by atoms with Gasteiger partial charge in [-0.2, -0.15) is 0 Å². The highest BCUT2D eigenvalue weighted by Crippen LogP contribution is 2.25. The first-order valence-electron chi connectivity index (χ1n) is 9.51. The van der Waals surface area contributed by atoms with Crippen LogP contribution in [-0.2, 0) is 20.7 Å². The molecule has 2 aromatic rings. The highest BCUT2D eigenvalue weighted by atomic mass is 16.5. The molecule has 0 spiro atoms. The average Bonchev–Trinajstić information content (AvgIpc) is 2.69. The van der Waals surface area contributed by atoms with Crippen molar-refractivity contribution in [3.05, 3.63) is 65.7 Å². The molecule has 2 amide bonds. The fourth-order valence-electron chi connectivity index (χ4n) is 3.46. The number of aliphatic hydroxyl groups excluding tert-OH is 1. The molecule has 3 rings (SSSR count). The van der Waals surface area contributed by atoms with Gasteiger partial charge >= 0.3 is 0 Å². The summed E-state index contributed by atoms with van der Waals surface area (Å²) in [5, 5.41) is 13.6. The third-order valence-corrected chi connectivity index (χ3v) is 4.88. The Bertz CT molecular complexity index is 792. The first kappa shape index (κ1) is 20.0. The van der Waals surface area contributed by atoms with Gasteiger partial charge in [-0.05, 0) is 36.1 Å². The Morgan fingerprint density at radius 2 is 1.93 bits per heavy atom. The van der Waals surface area contributed by atoms with Crippen LogP contribution in [0.5, 0.6) is 0 Å².